The van der Waals surface area contributed by atoms with E-state index in [4.69, 9.17) is 18.9 Å². The normalized spacial score (nSPS) is 10.8. The third-order valence-electron chi connectivity index (χ3n) is 6.50. The zero-order valence-electron chi connectivity index (χ0n) is 23.6. The summed E-state index contributed by atoms with van der Waals surface area (Å²) in [7, 11) is 0. The fourth-order valence-corrected chi connectivity index (χ4v) is 4.07. The van der Waals surface area contributed by atoms with Crippen molar-refractivity contribution in [3.8, 4) is 23.0 Å². The van der Waals surface area contributed by atoms with Gasteiger partial charge in [0, 0.05) is 0 Å². The predicted molar refractivity (Wildman–Crippen MR) is 158 cm³/mol. The molecular weight excluding hydrogens is 588 g/mol. The van der Waals surface area contributed by atoms with Crippen LogP contribution in [0.5, 0.6) is 23.0 Å². The van der Waals surface area contributed by atoms with E-state index in [2.05, 4.69) is 0 Å². The van der Waals surface area contributed by atoms with Crippen LogP contribution in [0.25, 0.3) is 0 Å². The number of benzene rings is 4. The van der Waals surface area contributed by atoms with Gasteiger partial charge in [-0.25, -0.2) is 19.2 Å². The van der Waals surface area contributed by atoms with Crippen LogP contribution >= 0.6 is 0 Å². The highest BCUT2D eigenvalue weighted by molar-refractivity contribution is 5.89. The number of carboxylic acids is 4. The van der Waals surface area contributed by atoms with Crippen molar-refractivity contribution < 1.29 is 58.6 Å². The highest BCUT2D eigenvalue weighted by Gasteiger charge is 2.36. The van der Waals surface area contributed by atoms with Crippen molar-refractivity contribution in [2.24, 2.45) is 5.41 Å². The van der Waals surface area contributed by atoms with Crippen molar-refractivity contribution in [3.05, 3.63) is 119 Å². The van der Waals surface area contributed by atoms with Crippen LogP contribution in [0.2, 0.25) is 0 Å². The van der Waals surface area contributed by atoms with Crippen molar-refractivity contribution in [1.82, 2.24) is 0 Å². The van der Waals surface area contributed by atoms with Gasteiger partial charge in [-0.3, -0.25) is 0 Å². The predicted octanol–water partition coefficient (Wildman–Crippen LogP) is 5.08. The van der Waals surface area contributed by atoms with Gasteiger partial charge in [0.25, 0.3) is 0 Å². The average molecular weight is 617 g/mol. The maximum atomic E-state index is 11.5. The largest absolute Gasteiger partial charge is 0.493 e. The lowest BCUT2D eigenvalue weighted by molar-refractivity contribution is -0.00367. The lowest BCUT2D eigenvalue weighted by Gasteiger charge is -2.33. The van der Waals surface area contributed by atoms with Gasteiger partial charge in [0.05, 0.1) is 22.3 Å². The first kappa shape index (κ1) is 31.9. The Morgan fingerprint density at radius 1 is 0.422 bits per heavy atom. The smallest absolute Gasteiger partial charge is 0.335 e. The zero-order valence-corrected chi connectivity index (χ0v) is 23.6. The number of ether oxygens (including phenoxy) is 4. The molecular formula is C33H28O12. The Kier molecular flexibility index (Phi) is 10.2. The second kappa shape index (κ2) is 14.4. The van der Waals surface area contributed by atoms with Gasteiger partial charge in [0.1, 0.15) is 54.8 Å². The second-order valence-corrected chi connectivity index (χ2v) is 9.99. The van der Waals surface area contributed by atoms with Gasteiger partial charge in [-0.15, -0.1) is 0 Å². The second-order valence-electron chi connectivity index (χ2n) is 9.99. The number of aromatic carboxylic acids is 4. The van der Waals surface area contributed by atoms with E-state index in [1.54, 1.807) is 24.3 Å². The third kappa shape index (κ3) is 8.97. The minimum atomic E-state index is -1.23. The molecule has 0 amide bonds. The first-order valence-corrected chi connectivity index (χ1v) is 13.4. The molecule has 0 fully saturated rings. The van der Waals surface area contributed by atoms with Crippen LogP contribution in [0.3, 0.4) is 0 Å². The number of hydrogen-bond donors (Lipinski definition) is 4. The highest BCUT2D eigenvalue weighted by Crippen LogP contribution is 2.28. The molecule has 0 bridgehead atoms. The Balaban J connectivity index is 1.69. The summed E-state index contributed by atoms with van der Waals surface area (Å²) in [5.41, 5.74) is -1.27. The summed E-state index contributed by atoms with van der Waals surface area (Å²) in [5.74, 6) is -3.76. The third-order valence-corrected chi connectivity index (χ3v) is 6.50. The summed E-state index contributed by atoms with van der Waals surface area (Å²) in [5, 5.41) is 37.6. The first-order valence-electron chi connectivity index (χ1n) is 13.4. The molecule has 0 aliphatic carbocycles. The van der Waals surface area contributed by atoms with Crippen LogP contribution < -0.4 is 18.9 Å². The lowest BCUT2D eigenvalue weighted by Crippen LogP contribution is -2.45. The van der Waals surface area contributed by atoms with Crippen molar-refractivity contribution in [1.29, 1.82) is 0 Å². The Labute approximate surface area is 256 Å². The first-order chi connectivity index (χ1) is 21.5. The van der Waals surface area contributed by atoms with E-state index in [1.165, 1.54) is 72.8 Å². The van der Waals surface area contributed by atoms with Gasteiger partial charge in [-0.05, 0) is 72.8 Å². The maximum Gasteiger partial charge on any atom is 0.335 e. The van der Waals surface area contributed by atoms with E-state index >= 15 is 0 Å². The lowest BCUT2D eigenvalue weighted by atomic mass is 9.92. The van der Waals surface area contributed by atoms with Gasteiger partial charge < -0.3 is 39.4 Å². The van der Waals surface area contributed by atoms with E-state index in [-0.39, 0.29) is 71.7 Å². The van der Waals surface area contributed by atoms with E-state index in [0.29, 0.717) is 0 Å². The van der Waals surface area contributed by atoms with Gasteiger partial charge in [0.2, 0.25) is 0 Å². The Morgan fingerprint density at radius 3 is 0.844 bits per heavy atom. The molecule has 0 aliphatic heterocycles. The number of rotatable bonds is 16. The summed E-state index contributed by atoms with van der Waals surface area (Å²) in [4.78, 5) is 46.1. The van der Waals surface area contributed by atoms with Crippen LogP contribution in [0.4, 0.5) is 0 Å². The van der Waals surface area contributed by atoms with Crippen LogP contribution in [-0.2, 0) is 0 Å². The Morgan fingerprint density at radius 2 is 0.644 bits per heavy atom. The van der Waals surface area contributed by atoms with Gasteiger partial charge >= 0.3 is 23.9 Å². The quantitative estimate of drug-likeness (QED) is 0.131. The average Bonchev–Trinajstić information content (AvgIpc) is 3.04. The molecule has 12 heteroatoms. The van der Waals surface area contributed by atoms with Crippen molar-refractivity contribution in [3.63, 3.8) is 0 Å². The zero-order chi connectivity index (χ0) is 32.4. The standard InChI is InChI=1S/C33H28O12/c34-29(35)21-5-1-9-25(13-21)42-17-33(18-43-26-10-2-6-22(14-26)30(36)37,19-44-27-11-3-7-23(15-27)31(38)39)20-45-28-12-4-8-24(16-28)32(40)41/h1-16H,17-20H2,(H,34,35)(H,36,37)(H,38,39)(H,40,41). The summed E-state index contributed by atoms with van der Waals surface area (Å²) in [6, 6.07) is 23.2. The fourth-order valence-electron chi connectivity index (χ4n) is 4.07. The summed E-state index contributed by atoms with van der Waals surface area (Å²) >= 11 is 0. The number of hydrogen-bond acceptors (Lipinski definition) is 8. The molecule has 12 nitrogen and oxygen atoms in total. The summed E-state index contributed by atoms with van der Waals surface area (Å²) in [6.07, 6.45) is 0. The molecule has 4 aromatic rings. The van der Waals surface area contributed by atoms with Crippen LogP contribution in [0.15, 0.2) is 97.1 Å². The molecule has 4 rings (SSSR count). The molecule has 0 saturated heterocycles. The summed E-state index contributed by atoms with van der Waals surface area (Å²) < 4.78 is 24.1. The van der Waals surface area contributed by atoms with Gasteiger partial charge in [-0.1, -0.05) is 24.3 Å². The van der Waals surface area contributed by atoms with Crippen molar-refractivity contribution in [2.75, 3.05) is 26.4 Å². The van der Waals surface area contributed by atoms with Crippen LogP contribution in [0.1, 0.15) is 41.4 Å². The molecule has 0 unspecified atom stereocenters. The molecule has 0 aromatic heterocycles. The van der Waals surface area contributed by atoms with Gasteiger partial charge in [0.15, 0.2) is 0 Å². The molecule has 0 radical (unpaired) electrons. The SMILES string of the molecule is O=C(O)c1cccc(OCC(COc2cccc(C(=O)O)c2)(COc2cccc(C(=O)O)c2)COc2cccc(C(=O)O)c2)c1. The van der Waals surface area contributed by atoms with Gasteiger partial charge in [-0.2, -0.15) is 0 Å². The molecule has 232 valence electrons. The molecule has 0 spiro atoms. The molecule has 0 aliphatic rings. The van der Waals surface area contributed by atoms with E-state index < -0.39 is 29.3 Å². The van der Waals surface area contributed by atoms with E-state index in [9.17, 15) is 39.6 Å². The highest BCUT2D eigenvalue weighted by atomic mass is 16.5. The number of carbonyl (C=O) groups is 4. The van der Waals surface area contributed by atoms with Crippen LogP contribution in [-0.4, -0.2) is 70.7 Å². The van der Waals surface area contributed by atoms with Crippen molar-refractivity contribution in [2.45, 2.75) is 0 Å². The monoisotopic (exact) mass is 616 g/mol. The number of carboxylic acid groups (broad SMARTS) is 4. The molecule has 0 atom stereocenters. The van der Waals surface area contributed by atoms with Crippen LogP contribution in [0, 0.1) is 5.41 Å². The minimum absolute atomic E-state index is 0.0108. The fraction of sp³-hybridized carbons (Fsp3) is 0.152. The molecule has 4 N–H and O–H groups in total. The van der Waals surface area contributed by atoms with Crippen molar-refractivity contribution >= 4 is 23.9 Å². The van der Waals surface area contributed by atoms with E-state index in [1.807, 2.05) is 0 Å². The Bertz CT molecular complexity index is 1450. The molecule has 45 heavy (non-hydrogen) atoms. The maximum absolute atomic E-state index is 11.5. The minimum Gasteiger partial charge on any atom is -0.493 e. The Hall–Kier alpha value is -6.04. The topological polar surface area (TPSA) is 186 Å². The summed E-state index contributed by atoms with van der Waals surface area (Å²) in [6.45, 7) is -0.754. The molecule has 4 aromatic carbocycles. The van der Waals surface area contributed by atoms with E-state index in [0.717, 1.165) is 0 Å². The molecule has 0 saturated carbocycles. The molecule has 0 heterocycles.